The Hall–Kier alpha value is -2.26. The highest BCUT2D eigenvalue weighted by Gasteiger charge is 2.37. The molecule has 0 aliphatic carbocycles. The van der Waals surface area contributed by atoms with Gasteiger partial charge in [0.25, 0.3) is 0 Å². The molecular formula is C18H19F2N3O3S. The summed E-state index contributed by atoms with van der Waals surface area (Å²) in [5, 5.41) is 16.0. The number of carboxylic acid groups (broad SMARTS) is 1. The van der Waals surface area contributed by atoms with Gasteiger partial charge in [0.05, 0.1) is 15.8 Å². The fraction of sp³-hybridized carbons (Fsp3) is 0.444. The molecule has 2 aliphatic heterocycles. The van der Waals surface area contributed by atoms with Crippen LogP contribution in [0.4, 0.5) is 20.2 Å². The Kier molecular flexibility index (Phi) is 4.51. The van der Waals surface area contributed by atoms with E-state index in [9.17, 15) is 9.59 Å². The summed E-state index contributed by atoms with van der Waals surface area (Å²) in [4.78, 5) is 25.5. The number of aromatic carboxylic acids is 1. The second-order valence-corrected chi connectivity index (χ2v) is 7.84. The van der Waals surface area contributed by atoms with Gasteiger partial charge in [0, 0.05) is 31.6 Å². The van der Waals surface area contributed by atoms with Crippen LogP contribution in [-0.2, 0) is 0 Å². The number of rotatable bonds is 3. The topological polar surface area (TPSA) is 81.7 Å². The number of hydrogen-bond acceptors (Lipinski definition) is 6. The van der Waals surface area contributed by atoms with Crippen molar-refractivity contribution in [3.63, 3.8) is 0 Å². The molecule has 2 aliphatic rings. The van der Waals surface area contributed by atoms with Crippen LogP contribution in [0.2, 0.25) is 0 Å². The molecule has 0 amide bonds. The summed E-state index contributed by atoms with van der Waals surface area (Å²) in [6, 6.07) is 0.194. The van der Waals surface area contributed by atoms with Gasteiger partial charge in [0.15, 0.2) is 11.6 Å². The third kappa shape index (κ3) is 2.76. The zero-order valence-corrected chi connectivity index (χ0v) is 15.5. The number of carboxylic acids is 1. The van der Waals surface area contributed by atoms with E-state index in [1.54, 1.807) is 4.90 Å². The molecule has 0 bridgehead atoms. The van der Waals surface area contributed by atoms with Crippen molar-refractivity contribution in [3.05, 3.63) is 32.8 Å². The normalized spacial score (nSPS) is 22.1. The Bertz CT molecular complexity index is 980. The number of carbonyl (C=O) groups is 1. The molecule has 0 radical (unpaired) electrons. The van der Waals surface area contributed by atoms with Crippen LogP contribution in [0.15, 0.2) is 10.2 Å². The number of anilines is 2. The molecule has 0 saturated carbocycles. The van der Waals surface area contributed by atoms with Crippen LogP contribution in [0, 0.1) is 17.6 Å². The van der Waals surface area contributed by atoms with Crippen molar-refractivity contribution in [3.8, 4) is 0 Å². The van der Waals surface area contributed by atoms with Crippen LogP contribution < -0.4 is 21.0 Å². The molecule has 6 nitrogen and oxygen atoms in total. The molecule has 3 heterocycles. The molecule has 2 aromatic rings. The number of benzene rings is 1. The highest BCUT2D eigenvalue weighted by molar-refractivity contribution is 7.17. The van der Waals surface area contributed by atoms with Crippen LogP contribution in [0.3, 0.4) is 0 Å². The fourth-order valence-electron chi connectivity index (χ4n) is 4.18. The van der Waals surface area contributed by atoms with E-state index in [-0.39, 0.29) is 27.5 Å². The first-order valence-corrected chi connectivity index (χ1v) is 9.67. The summed E-state index contributed by atoms with van der Waals surface area (Å²) in [6.45, 7) is 1.94. The van der Waals surface area contributed by atoms with Gasteiger partial charge in [-0.3, -0.25) is 4.79 Å². The highest BCUT2D eigenvalue weighted by atomic mass is 32.1. The standard InChI is InChI=1S/C18H19F2N3O3S/c1-21-14-11-16(24)9(18(25)26)7-27-17(11)13(20)15(12(14)19)23-5-8-3-2-4-22-10(8)6-23/h7-8,10,21-22H,2-6H2,1H3,(H,25,26)/t8-,10+/m0/s1. The molecule has 9 heteroatoms. The van der Waals surface area contributed by atoms with Crippen LogP contribution in [0.1, 0.15) is 23.2 Å². The van der Waals surface area contributed by atoms with Gasteiger partial charge >= 0.3 is 5.97 Å². The van der Waals surface area contributed by atoms with Gasteiger partial charge < -0.3 is 20.6 Å². The molecule has 2 saturated heterocycles. The Morgan fingerprint density at radius 1 is 1.37 bits per heavy atom. The van der Waals surface area contributed by atoms with E-state index in [0.717, 1.165) is 36.1 Å². The van der Waals surface area contributed by atoms with E-state index >= 15 is 8.78 Å². The van der Waals surface area contributed by atoms with Gasteiger partial charge in [-0.25, -0.2) is 13.6 Å². The zero-order chi connectivity index (χ0) is 19.3. The Morgan fingerprint density at radius 3 is 2.81 bits per heavy atom. The van der Waals surface area contributed by atoms with E-state index in [4.69, 9.17) is 5.11 Å². The number of halogens is 2. The average molecular weight is 395 g/mol. The summed E-state index contributed by atoms with van der Waals surface area (Å²) in [7, 11) is 1.43. The smallest absolute Gasteiger partial charge is 0.340 e. The van der Waals surface area contributed by atoms with Crippen LogP contribution in [-0.4, -0.2) is 43.8 Å². The number of piperidine rings is 1. The molecule has 2 fully saturated rings. The van der Waals surface area contributed by atoms with E-state index in [0.29, 0.717) is 19.0 Å². The summed E-state index contributed by atoms with van der Waals surface area (Å²) >= 11 is 0.804. The summed E-state index contributed by atoms with van der Waals surface area (Å²) in [5.74, 6) is -2.74. The fourth-order valence-corrected chi connectivity index (χ4v) is 5.13. The van der Waals surface area contributed by atoms with Crippen molar-refractivity contribution < 1.29 is 18.7 Å². The molecule has 2 atom stereocenters. The minimum atomic E-state index is -1.42. The molecule has 144 valence electrons. The van der Waals surface area contributed by atoms with Gasteiger partial charge in [-0.15, -0.1) is 11.3 Å². The molecule has 27 heavy (non-hydrogen) atoms. The molecule has 3 N–H and O–H groups in total. The molecular weight excluding hydrogens is 376 g/mol. The van der Waals surface area contributed by atoms with Crippen LogP contribution >= 0.6 is 11.3 Å². The van der Waals surface area contributed by atoms with Gasteiger partial charge in [-0.2, -0.15) is 0 Å². The van der Waals surface area contributed by atoms with Gasteiger partial charge in [-0.05, 0) is 25.3 Å². The van der Waals surface area contributed by atoms with E-state index in [1.165, 1.54) is 7.05 Å². The van der Waals surface area contributed by atoms with Crippen molar-refractivity contribution in [2.75, 3.05) is 36.9 Å². The first-order valence-electron chi connectivity index (χ1n) is 8.79. The molecule has 4 rings (SSSR count). The zero-order valence-electron chi connectivity index (χ0n) is 14.6. The molecule has 1 aromatic carbocycles. The third-order valence-electron chi connectivity index (χ3n) is 5.47. The predicted octanol–water partition coefficient (Wildman–Crippen LogP) is 2.47. The van der Waals surface area contributed by atoms with Crippen molar-refractivity contribution in [2.24, 2.45) is 5.92 Å². The summed E-state index contributed by atoms with van der Waals surface area (Å²) in [6.07, 6.45) is 2.05. The van der Waals surface area contributed by atoms with Gasteiger partial charge in [0.1, 0.15) is 11.3 Å². The van der Waals surface area contributed by atoms with E-state index in [2.05, 4.69) is 10.6 Å². The second kappa shape index (κ2) is 6.72. The number of nitrogens with one attached hydrogen (secondary N) is 2. The maximum atomic E-state index is 15.3. The Morgan fingerprint density at radius 2 is 2.15 bits per heavy atom. The van der Waals surface area contributed by atoms with E-state index < -0.39 is 28.6 Å². The second-order valence-electron chi connectivity index (χ2n) is 6.96. The summed E-state index contributed by atoms with van der Waals surface area (Å²) < 4.78 is 30.5. The maximum Gasteiger partial charge on any atom is 0.340 e. The monoisotopic (exact) mass is 395 g/mol. The lowest BCUT2D eigenvalue weighted by Crippen LogP contribution is -2.40. The Balaban J connectivity index is 1.91. The van der Waals surface area contributed by atoms with Crippen molar-refractivity contribution in [1.29, 1.82) is 0 Å². The summed E-state index contributed by atoms with van der Waals surface area (Å²) in [5.41, 5.74) is -1.69. The van der Waals surface area contributed by atoms with Crippen molar-refractivity contribution in [2.45, 2.75) is 18.9 Å². The largest absolute Gasteiger partial charge is 0.478 e. The minimum Gasteiger partial charge on any atom is -0.478 e. The first-order chi connectivity index (χ1) is 12.9. The van der Waals surface area contributed by atoms with Crippen molar-refractivity contribution >= 4 is 38.8 Å². The lowest BCUT2D eigenvalue weighted by molar-refractivity contribution is 0.0696. The molecule has 1 aromatic heterocycles. The number of fused-ring (bicyclic) bond motifs is 2. The first kappa shape index (κ1) is 18.1. The van der Waals surface area contributed by atoms with Crippen molar-refractivity contribution in [1.82, 2.24) is 5.32 Å². The number of nitrogens with zero attached hydrogens (tertiary/aromatic N) is 1. The molecule has 0 unspecified atom stereocenters. The Labute approximate surface area is 157 Å². The lowest BCUT2D eigenvalue weighted by atomic mass is 9.94. The molecule has 0 spiro atoms. The van der Waals surface area contributed by atoms with Gasteiger partial charge in [0.2, 0.25) is 5.43 Å². The third-order valence-corrected chi connectivity index (χ3v) is 6.45. The number of hydrogen-bond donors (Lipinski definition) is 3. The van der Waals surface area contributed by atoms with Crippen LogP contribution in [0.25, 0.3) is 10.1 Å². The van der Waals surface area contributed by atoms with E-state index in [1.807, 2.05) is 0 Å². The van der Waals surface area contributed by atoms with Gasteiger partial charge in [-0.1, -0.05) is 0 Å². The van der Waals surface area contributed by atoms with Crippen LogP contribution in [0.5, 0.6) is 0 Å². The average Bonchev–Trinajstić information content (AvgIpc) is 3.06. The SMILES string of the molecule is CNc1c(F)c(N2C[C@@H]3CCCN[C@@H]3C2)c(F)c2scc(C(=O)O)c(=O)c12. The predicted molar refractivity (Wildman–Crippen MR) is 101 cm³/mol. The maximum absolute atomic E-state index is 15.3. The lowest BCUT2D eigenvalue weighted by Gasteiger charge is -2.24. The quantitative estimate of drug-likeness (QED) is 0.741. The minimum absolute atomic E-state index is 0.0337. The highest BCUT2D eigenvalue weighted by Crippen LogP contribution is 2.40.